The highest BCUT2D eigenvalue weighted by molar-refractivity contribution is 6.59. The first-order chi connectivity index (χ1) is 15.4. The maximum absolute atomic E-state index is 11.1. The molecule has 1 unspecified atom stereocenters. The molecule has 7 heteroatoms. The van der Waals surface area contributed by atoms with Crippen LogP contribution in [0.15, 0.2) is 0 Å². The highest BCUT2D eigenvalue weighted by atomic mass is 28.4. The molecule has 0 aromatic carbocycles. The number of nitrogens with zero attached hydrogens (tertiary/aromatic N) is 2. The van der Waals surface area contributed by atoms with Crippen molar-refractivity contribution in [2.24, 2.45) is 0 Å². The van der Waals surface area contributed by atoms with Gasteiger partial charge in [-0.3, -0.25) is 0 Å². The van der Waals surface area contributed by atoms with E-state index in [1.165, 1.54) is 58.0 Å². The lowest BCUT2D eigenvalue weighted by Crippen LogP contribution is -2.59. The molecule has 192 valence electrons. The highest BCUT2D eigenvalue weighted by Crippen LogP contribution is 2.21. The summed E-state index contributed by atoms with van der Waals surface area (Å²) >= 11 is 0. The summed E-state index contributed by atoms with van der Waals surface area (Å²) in [6, 6.07) is 0.665. The predicted molar refractivity (Wildman–Crippen MR) is 135 cm³/mol. The standard InChI is InChI=1S/C25H56N2O4Si/c1-5-8-11-13-16-26(4,15-12-9-6-2)17-14-25-32(29)30-23-20-27(19-22-28,18-10-7-3)21-24-31-32/h28-29H,5-25H2,1-4H3/q+2. The number of quaternary nitrogens is 2. The number of aliphatic hydroxyl groups is 1. The Hall–Kier alpha value is -0.0231. The predicted octanol–water partition coefficient (Wildman–Crippen LogP) is 4.18. The van der Waals surface area contributed by atoms with Crippen molar-refractivity contribution in [3.05, 3.63) is 0 Å². The van der Waals surface area contributed by atoms with Crippen molar-refractivity contribution in [2.45, 2.75) is 91.0 Å². The number of aliphatic hydroxyl groups excluding tert-OH is 1. The van der Waals surface area contributed by atoms with Crippen molar-refractivity contribution >= 4 is 8.80 Å². The van der Waals surface area contributed by atoms with E-state index in [9.17, 15) is 9.90 Å². The van der Waals surface area contributed by atoms with E-state index >= 15 is 0 Å². The first-order valence-corrected chi connectivity index (χ1v) is 15.6. The molecule has 0 saturated carbocycles. The molecule has 0 amide bonds. The molecule has 1 saturated heterocycles. The third kappa shape index (κ3) is 11.9. The molecule has 0 bridgehead atoms. The fraction of sp³-hybridized carbons (Fsp3) is 1.00. The van der Waals surface area contributed by atoms with Gasteiger partial charge in [0, 0.05) is 12.5 Å². The van der Waals surface area contributed by atoms with Crippen molar-refractivity contribution < 1.29 is 27.7 Å². The van der Waals surface area contributed by atoms with Crippen LogP contribution in [0.25, 0.3) is 0 Å². The largest absolute Gasteiger partial charge is 0.498 e. The maximum Gasteiger partial charge on any atom is 0.498 e. The molecule has 1 fully saturated rings. The molecular weight excluding hydrogens is 420 g/mol. The second-order valence-electron chi connectivity index (χ2n) is 10.4. The quantitative estimate of drug-likeness (QED) is 0.177. The Kier molecular flexibility index (Phi) is 15.5. The highest BCUT2D eigenvalue weighted by Gasteiger charge is 2.41. The van der Waals surface area contributed by atoms with Crippen LogP contribution < -0.4 is 0 Å². The Morgan fingerprint density at radius 1 is 0.750 bits per heavy atom. The Bertz CT molecular complexity index is 459. The van der Waals surface area contributed by atoms with Gasteiger partial charge in [0.25, 0.3) is 0 Å². The van der Waals surface area contributed by atoms with Crippen LogP contribution in [-0.4, -0.2) is 100 Å². The first-order valence-electron chi connectivity index (χ1n) is 13.7. The van der Waals surface area contributed by atoms with E-state index in [4.69, 9.17) is 8.85 Å². The lowest BCUT2D eigenvalue weighted by Gasteiger charge is -2.41. The second kappa shape index (κ2) is 16.6. The average molecular weight is 477 g/mol. The van der Waals surface area contributed by atoms with Gasteiger partial charge < -0.3 is 27.7 Å². The summed E-state index contributed by atoms with van der Waals surface area (Å²) in [4.78, 5) is 11.1. The van der Waals surface area contributed by atoms with Gasteiger partial charge in [0.2, 0.25) is 0 Å². The molecule has 6 nitrogen and oxygen atoms in total. The summed E-state index contributed by atoms with van der Waals surface area (Å²) in [5.74, 6) is 0. The van der Waals surface area contributed by atoms with Gasteiger partial charge in [-0.25, -0.2) is 0 Å². The summed E-state index contributed by atoms with van der Waals surface area (Å²) in [7, 11) is -0.696. The lowest BCUT2D eigenvalue weighted by atomic mass is 10.1. The van der Waals surface area contributed by atoms with Gasteiger partial charge in [-0.15, -0.1) is 0 Å². The molecule has 0 aliphatic carbocycles. The normalized spacial score (nSPS) is 26.4. The van der Waals surface area contributed by atoms with Gasteiger partial charge in [-0.1, -0.05) is 46.5 Å². The first kappa shape index (κ1) is 30.0. The van der Waals surface area contributed by atoms with Crippen LogP contribution in [0.5, 0.6) is 0 Å². The van der Waals surface area contributed by atoms with Crippen molar-refractivity contribution in [3.8, 4) is 0 Å². The number of unbranched alkanes of at least 4 members (excludes halogenated alkanes) is 6. The fourth-order valence-corrected chi connectivity index (χ4v) is 6.84. The van der Waals surface area contributed by atoms with Gasteiger partial charge in [0.05, 0.1) is 53.0 Å². The smallest absolute Gasteiger partial charge is 0.391 e. The van der Waals surface area contributed by atoms with Crippen LogP contribution in [0.1, 0.15) is 85.0 Å². The van der Waals surface area contributed by atoms with E-state index in [0.717, 1.165) is 61.0 Å². The van der Waals surface area contributed by atoms with E-state index < -0.39 is 8.80 Å². The summed E-state index contributed by atoms with van der Waals surface area (Å²) in [6.45, 7) is 15.1. The van der Waals surface area contributed by atoms with Crippen molar-refractivity contribution in [1.29, 1.82) is 0 Å². The number of hydrogen-bond donors (Lipinski definition) is 2. The Balaban J connectivity index is 2.56. The molecule has 0 aromatic heterocycles. The van der Waals surface area contributed by atoms with Gasteiger partial charge in [-0.05, 0) is 32.1 Å². The summed E-state index contributed by atoms with van der Waals surface area (Å²) in [5.41, 5.74) is 0. The monoisotopic (exact) mass is 476 g/mol. The van der Waals surface area contributed by atoms with Crippen LogP contribution in [0, 0.1) is 0 Å². The van der Waals surface area contributed by atoms with E-state index in [1.54, 1.807) is 0 Å². The minimum Gasteiger partial charge on any atom is -0.391 e. The van der Waals surface area contributed by atoms with Crippen LogP contribution in [0.3, 0.4) is 0 Å². The van der Waals surface area contributed by atoms with E-state index in [-0.39, 0.29) is 6.61 Å². The number of hydrogen-bond acceptors (Lipinski definition) is 4. The maximum atomic E-state index is 11.1. The zero-order valence-corrected chi connectivity index (χ0v) is 23.0. The van der Waals surface area contributed by atoms with Gasteiger partial charge in [0.15, 0.2) is 0 Å². The Labute approximate surface area is 200 Å². The SMILES string of the molecule is CCCCCC[N+](C)(CCCCC)CCC[Si]1(O)OCC[N+](CCO)(CCCC)CCO1. The fourth-order valence-electron chi connectivity index (χ4n) is 5.04. The van der Waals surface area contributed by atoms with Crippen molar-refractivity contribution in [1.82, 2.24) is 0 Å². The zero-order valence-electron chi connectivity index (χ0n) is 22.0. The molecular formula is C25H56N2O4Si+2. The van der Waals surface area contributed by atoms with Gasteiger partial charge >= 0.3 is 8.80 Å². The summed E-state index contributed by atoms with van der Waals surface area (Å²) in [6.07, 6.45) is 12.4. The molecule has 1 atom stereocenters. The van der Waals surface area contributed by atoms with Crippen molar-refractivity contribution in [2.75, 3.05) is 72.7 Å². The van der Waals surface area contributed by atoms with E-state index in [1.807, 2.05) is 0 Å². The third-order valence-electron chi connectivity index (χ3n) is 7.39. The average Bonchev–Trinajstić information content (AvgIpc) is 2.74. The molecule has 0 aromatic rings. The number of rotatable bonds is 18. The van der Waals surface area contributed by atoms with Crippen molar-refractivity contribution in [3.63, 3.8) is 0 Å². The van der Waals surface area contributed by atoms with E-state index in [2.05, 4.69) is 27.8 Å². The molecule has 1 heterocycles. The van der Waals surface area contributed by atoms with E-state index in [0.29, 0.717) is 19.3 Å². The minimum absolute atomic E-state index is 0.193. The lowest BCUT2D eigenvalue weighted by molar-refractivity contribution is -0.929. The molecule has 0 radical (unpaired) electrons. The topological polar surface area (TPSA) is 58.9 Å². The minimum atomic E-state index is -3.10. The van der Waals surface area contributed by atoms with Gasteiger partial charge in [-0.2, -0.15) is 0 Å². The third-order valence-corrected chi connectivity index (χ3v) is 9.69. The Morgan fingerprint density at radius 2 is 1.28 bits per heavy atom. The molecule has 2 N–H and O–H groups in total. The molecule has 1 aliphatic heterocycles. The second-order valence-corrected chi connectivity index (χ2v) is 12.9. The molecule has 1 rings (SSSR count). The molecule has 0 spiro atoms. The molecule has 32 heavy (non-hydrogen) atoms. The van der Waals surface area contributed by atoms with Gasteiger partial charge in [0.1, 0.15) is 19.6 Å². The Morgan fingerprint density at radius 3 is 1.84 bits per heavy atom. The van der Waals surface area contributed by atoms with Crippen LogP contribution in [0.2, 0.25) is 6.04 Å². The van der Waals surface area contributed by atoms with Crippen LogP contribution >= 0.6 is 0 Å². The summed E-state index contributed by atoms with van der Waals surface area (Å²) < 4.78 is 14.1. The summed E-state index contributed by atoms with van der Waals surface area (Å²) in [5, 5.41) is 9.57. The van der Waals surface area contributed by atoms with Crippen LogP contribution in [-0.2, 0) is 8.85 Å². The van der Waals surface area contributed by atoms with Crippen LogP contribution in [0.4, 0.5) is 0 Å². The zero-order chi connectivity index (χ0) is 23.8. The molecule has 1 aliphatic rings.